The topological polar surface area (TPSA) is 74.7 Å². The molecule has 0 aliphatic carbocycles. The van der Waals surface area contributed by atoms with Gasteiger partial charge in [-0.1, -0.05) is 6.42 Å². The first kappa shape index (κ1) is 15.5. The number of piperidine rings is 1. The third-order valence-corrected chi connectivity index (χ3v) is 7.54. The summed E-state index contributed by atoms with van der Waals surface area (Å²) in [6.07, 6.45) is 2.72. The number of sulfonamides is 1. The molecule has 0 saturated carbocycles. The summed E-state index contributed by atoms with van der Waals surface area (Å²) in [7, 11) is -3.61. The Morgan fingerprint density at radius 2 is 1.90 bits per heavy atom. The van der Waals surface area contributed by atoms with Crippen LogP contribution in [0, 0.1) is 6.92 Å². The highest BCUT2D eigenvalue weighted by molar-refractivity contribution is 7.91. The van der Waals surface area contributed by atoms with Crippen LogP contribution in [0.4, 0.5) is 0 Å². The molecule has 1 aliphatic rings. The van der Waals surface area contributed by atoms with Crippen molar-refractivity contribution in [1.29, 1.82) is 0 Å². The van der Waals surface area contributed by atoms with Gasteiger partial charge in [0.1, 0.15) is 9.09 Å². The van der Waals surface area contributed by atoms with Crippen molar-refractivity contribution in [3.8, 4) is 0 Å². The van der Waals surface area contributed by atoms with E-state index in [1.54, 1.807) is 6.92 Å². The Hall–Kier alpha value is -0.920. The van der Waals surface area contributed by atoms with E-state index in [9.17, 15) is 13.2 Å². The largest absolute Gasteiger partial charge is 0.477 e. The molecule has 5 nitrogen and oxygen atoms in total. The molecule has 20 heavy (non-hydrogen) atoms. The second-order valence-corrected chi connectivity index (χ2v) is 8.47. The van der Waals surface area contributed by atoms with Gasteiger partial charge in [0, 0.05) is 12.1 Å². The maximum atomic E-state index is 12.7. The first-order valence-corrected chi connectivity index (χ1v) is 8.88. The number of carboxylic acids is 1. The van der Waals surface area contributed by atoms with E-state index in [-0.39, 0.29) is 21.2 Å². The van der Waals surface area contributed by atoms with Crippen molar-refractivity contribution in [3.63, 3.8) is 0 Å². The first-order valence-electron chi connectivity index (χ1n) is 6.62. The summed E-state index contributed by atoms with van der Waals surface area (Å²) < 4.78 is 27.1. The van der Waals surface area contributed by atoms with Crippen molar-refractivity contribution in [2.45, 2.75) is 56.3 Å². The number of hydrogen-bond acceptors (Lipinski definition) is 4. The van der Waals surface area contributed by atoms with Crippen LogP contribution in [-0.4, -0.2) is 35.9 Å². The van der Waals surface area contributed by atoms with Crippen LogP contribution in [0.15, 0.2) is 10.3 Å². The van der Waals surface area contributed by atoms with E-state index >= 15 is 0 Å². The highest BCUT2D eigenvalue weighted by Gasteiger charge is 2.37. The molecule has 0 bridgehead atoms. The predicted molar refractivity (Wildman–Crippen MR) is 77.8 cm³/mol. The standard InChI is InChI=1S/C13H19NO4S2/c1-8-7-11(19-12(8)13(15)16)20(17,18)14-9(2)5-4-6-10(14)3/h7,9-10H,4-6H2,1-3H3,(H,15,16)/t9-,10+. The van der Waals surface area contributed by atoms with E-state index in [0.29, 0.717) is 5.56 Å². The van der Waals surface area contributed by atoms with Crippen LogP contribution >= 0.6 is 11.3 Å². The van der Waals surface area contributed by atoms with Gasteiger partial charge in [0.2, 0.25) is 0 Å². The van der Waals surface area contributed by atoms with Crippen molar-refractivity contribution in [3.05, 3.63) is 16.5 Å². The molecule has 0 spiro atoms. The molecule has 1 aromatic heterocycles. The van der Waals surface area contributed by atoms with Gasteiger partial charge in [-0.3, -0.25) is 0 Å². The van der Waals surface area contributed by atoms with Gasteiger partial charge in [-0.15, -0.1) is 11.3 Å². The van der Waals surface area contributed by atoms with Crippen molar-refractivity contribution in [1.82, 2.24) is 4.31 Å². The molecule has 2 rings (SSSR count). The third-order valence-electron chi connectivity index (χ3n) is 3.73. The molecule has 1 N–H and O–H groups in total. The van der Waals surface area contributed by atoms with Crippen LogP contribution in [0.2, 0.25) is 0 Å². The molecule has 0 amide bonds. The van der Waals surface area contributed by atoms with Crippen molar-refractivity contribution in [2.75, 3.05) is 0 Å². The maximum Gasteiger partial charge on any atom is 0.346 e. The zero-order chi connectivity index (χ0) is 15.1. The average molecular weight is 317 g/mol. The molecule has 0 unspecified atom stereocenters. The second-order valence-electron chi connectivity index (χ2n) is 5.35. The quantitative estimate of drug-likeness (QED) is 0.930. The van der Waals surface area contributed by atoms with Gasteiger partial charge in [0.15, 0.2) is 0 Å². The lowest BCUT2D eigenvalue weighted by Gasteiger charge is -2.37. The van der Waals surface area contributed by atoms with Crippen LogP contribution in [0.5, 0.6) is 0 Å². The van der Waals surface area contributed by atoms with Gasteiger partial charge in [0.05, 0.1) is 0 Å². The van der Waals surface area contributed by atoms with Crippen molar-refractivity contribution in [2.24, 2.45) is 0 Å². The number of rotatable bonds is 3. The number of hydrogen-bond donors (Lipinski definition) is 1. The Morgan fingerprint density at radius 1 is 1.35 bits per heavy atom. The van der Waals surface area contributed by atoms with Gasteiger partial charge in [-0.2, -0.15) is 4.31 Å². The molecule has 112 valence electrons. The van der Waals surface area contributed by atoms with Crippen LogP contribution in [-0.2, 0) is 10.0 Å². The summed E-state index contributed by atoms with van der Waals surface area (Å²) in [6.45, 7) is 5.44. The molecule has 1 aromatic rings. The fourth-order valence-electron chi connectivity index (χ4n) is 2.77. The van der Waals surface area contributed by atoms with E-state index in [4.69, 9.17) is 5.11 Å². The van der Waals surface area contributed by atoms with E-state index in [0.717, 1.165) is 30.6 Å². The van der Waals surface area contributed by atoms with Gasteiger partial charge in [-0.25, -0.2) is 13.2 Å². The summed E-state index contributed by atoms with van der Waals surface area (Å²) in [5.41, 5.74) is 0.499. The van der Waals surface area contributed by atoms with Gasteiger partial charge in [-0.05, 0) is 45.2 Å². The lowest BCUT2D eigenvalue weighted by Crippen LogP contribution is -2.47. The summed E-state index contributed by atoms with van der Waals surface area (Å²) in [5.74, 6) is -1.08. The normalized spacial score (nSPS) is 24.8. The minimum absolute atomic E-state index is 0.0422. The van der Waals surface area contributed by atoms with Crippen molar-refractivity contribution < 1.29 is 18.3 Å². The molecular weight excluding hydrogens is 298 g/mol. The minimum Gasteiger partial charge on any atom is -0.477 e. The predicted octanol–water partition coefficient (Wildman–Crippen LogP) is 2.71. The number of aryl methyl sites for hydroxylation is 1. The Bertz CT molecular complexity index is 610. The van der Waals surface area contributed by atoms with Crippen molar-refractivity contribution >= 4 is 27.3 Å². The molecule has 0 aromatic carbocycles. The minimum atomic E-state index is -3.61. The van der Waals surface area contributed by atoms with Gasteiger partial charge in [0.25, 0.3) is 10.0 Å². The number of aromatic carboxylic acids is 1. The van der Waals surface area contributed by atoms with E-state index in [1.165, 1.54) is 10.4 Å². The fraction of sp³-hybridized carbons (Fsp3) is 0.615. The van der Waals surface area contributed by atoms with Gasteiger partial charge >= 0.3 is 5.97 Å². The molecule has 0 radical (unpaired) electrons. The van der Waals surface area contributed by atoms with Crippen LogP contribution in [0.25, 0.3) is 0 Å². The third kappa shape index (κ3) is 2.62. The monoisotopic (exact) mass is 317 g/mol. The lowest BCUT2D eigenvalue weighted by atomic mass is 10.0. The Kier molecular flexibility index (Phi) is 4.22. The summed E-state index contributed by atoms with van der Waals surface area (Å²) in [4.78, 5) is 11.2. The summed E-state index contributed by atoms with van der Waals surface area (Å²) in [5, 5.41) is 9.06. The number of carboxylic acid groups (broad SMARTS) is 1. The SMILES string of the molecule is Cc1cc(S(=O)(=O)N2[C@H](C)CCC[C@@H]2C)sc1C(=O)O. The second kappa shape index (κ2) is 5.46. The molecular formula is C13H19NO4S2. The zero-order valence-electron chi connectivity index (χ0n) is 11.8. The average Bonchev–Trinajstić information content (AvgIpc) is 2.71. The van der Waals surface area contributed by atoms with Gasteiger partial charge < -0.3 is 5.11 Å². The molecule has 1 aliphatic heterocycles. The summed E-state index contributed by atoms with van der Waals surface area (Å²) >= 11 is 0.843. The number of thiophene rings is 1. The van der Waals surface area contributed by atoms with E-state index < -0.39 is 16.0 Å². The van der Waals surface area contributed by atoms with E-state index in [2.05, 4.69) is 0 Å². The Labute approximate surface area is 123 Å². The maximum absolute atomic E-state index is 12.7. The fourth-order valence-corrected chi connectivity index (χ4v) is 6.13. The van der Waals surface area contributed by atoms with Crippen LogP contribution in [0.1, 0.15) is 48.3 Å². The van der Waals surface area contributed by atoms with E-state index in [1.807, 2.05) is 13.8 Å². The molecule has 1 saturated heterocycles. The Balaban J connectivity index is 2.44. The lowest BCUT2D eigenvalue weighted by molar-refractivity contribution is 0.0701. The first-order chi connectivity index (χ1) is 9.25. The van der Waals surface area contributed by atoms with Crippen LogP contribution < -0.4 is 0 Å². The molecule has 2 heterocycles. The molecule has 7 heteroatoms. The zero-order valence-corrected chi connectivity index (χ0v) is 13.4. The molecule has 1 fully saturated rings. The Morgan fingerprint density at radius 3 is 2.35 bits per heavy atom. The van der Waals surface area contributed by atoms with Crippen LogP contribution in [0.3, 0.4) is 0 Å². The smallest absolute Gasteiger partial charge is 0.346 e. The highest BCUT2D eigenvalue weighted by Crippen LogP contribution is 2.34. The molecule has 2 atom stereocenters. The number of nitrogens with zero attached hydrogens (tertiary/aromatic N) is 1. The highest BCUT2D eigenvalue weighted by atomic mass is 32.2. The number of carbonyl (C=O) groups is 1. The summed E-state index contributed by atoms with van der Waals surface area (Å²) in [6, 6.07) is 1.39.